The number of fused-ring (bicyclic) bond motifs is 3. The van der Waals surface area contributed by atoms with Crippen molar-refractivity contribution in [3.63, 3.8) is 0 Å². The fourth-order valence-electron chi connectivity index (χ4n) is 3.27. The van der Waals surface area contributed by atoms with Crippen LogP contribution in [0.3, 0.4) is 0 Å². The van der Waals surface area contributed by atoms with Crippen LogP contribution in [0.2, 0.25) is 0 Å². The van der Waals surface area contributed by atoms with Crippen LogP contribution < -0.4 is 10.9 Å². The maximum atomic E-state index is 13.2. The fraction of sp³-hybridized carbons (Fsp3) is 0.200. The number of thiophene rings is 1. The first-order valence-corrected chi connectivity index (χ1v) is 9.84. The van der Waals surface area contributed by atoms with Gasteiger partial charge in [-0.2, -0.15) is 13.2 Å². The molecule has 4 aromatic rings. The summed E-state index contributed by atoms with van der Waals surface area (Å²) in [5.74, 6) is -0.725. The summed E-state index contributed by atoms with van der Waals surface area (Å²) < 4.78 is 41.2. The molecule has 0 aliphatic carbocycles. The number of anilines is 1. The third-order valence-corrected chi connectivity index (χ3v) is 5.79. The third-order valence-electron chi connectivity index (χ3n) is 4.70. The minimum atomic E-state index is -4.62. The van der Waals surface area contributed by atoms with Crippen LogP contribution in [0.1, 0.15) is 24.9 Å². The normalized spacial score (nSPS) is 12.9. The van der Waals surface area contributed by atoms with Crippen molar-refractivity contribution in [2.45, 2.75) is 25.6 Å². The van der Waals surface area contributed by atoms with E-state index < -0.39 is 29.2 Å². The third kappa shape index (κ3) is 3.43. The number of carbonyl (C=O) groups excluding carboxylic acids is 1. The van der Waals surface area contributed by atoms with Crippen molar-refractivity contribution in [2.75, 3.05) is 5.32 Å². The van der Waals surface area contributed by atoms with Gasteiger partial charge in [-0.05, 0) is 30.7 Å². The number of benzene rings is 1. The van der Waals surface area contributed by atoms with Gasteiger partial charge in [-0.25, -0.2) is 9.97 Å². The van der Waals surface area contributed by atoms with Gasteiger partial charge >= 0.3 is 6.18 Å². The van der Waals surface area contributed by atoms with E-state index >= 15 is 0 Å². The number of carbonyl (C=O) groups is 1. The summed E-state index contributed by atoms with van der Waals surface area (Å²) in [7, 11) is 0. The molecule has 0 fully saturated rings. The second-order valence-electron chi connectivity index (χ2n) is 6.55. The van der Waals surface area contributed by atoms with Crippen LogP contribution in [-0.4, -0.2) is 20.4 Å². The second kappa shape index (κ2) is 7.52. The number of hydrogen-bond acceptors (Lipinski definition) is 5. The lowest BCUT2D eigenvalue weighted by atomic mass is 10.1. The zero-order valence-corrected chi connectivity index (χ0v) is 16.4. The lowest BCUT2D eigenvalue weighted by Crippen LogP contribution is -2.33. The van der Waals surface area contributed by atoms with Gasteiger partial charge in [-0.1, -0.05) is 19.1 Å². The van der Waals surface area contributed by atoms with E-state index in [0.29, 0.717) is 15.0 Å². The highest BCUT2D eigenvalue weighted by atomic mass is 32.1. The predicted octanol–water partition coefficient (Wildman–Crippen LogP) is 4.61. The van der Waals surface area contributed by atoms with Gasteiger partial charge in [0.05, 0.1) is 23.1 Å². The molecule has 0 saturated heterocycles. The number of alkyl halides is 3. The molecule has 4 rings (SSSR count). The van der Waals surface area contributed by atoms with Crippen molar-refractivity contribution >= 4 is 43.4 Å². The first-order chi connectivity index (χ1) is 14.3. The molecule has 0 saturated carbocycles. The molecule has 0 aliphatic heterocycles. The number of pyridine rings is 1. The first kappa shape index (κ1) is 20.0. The molecule has 1 amide bonds. The van der Waals surface area contributed by atoms with E-state index in [1.165, 1.54) is 24.5 Å². The quantitative estimate of drug-likeness (QED) is 0.511. The van der Waals surface area contributed by atoms with Gasteiger partial charge in [0.1, 0.15) is 15.6 Å². The average Bonchev–Trinajstić information content (AvgIpc) is 3.09. The van der Waals surface area contributed by atoms with Crippen molar-refractivity contribution in [1.29, 1.82) is 0 Å². The van der Waals surface area contributed by atoms with Crippen molar-refractivity contribution in [3.05, 3.63) is 64.8 Å². The monoisotopic (exact) mass is 432 g/mol. The molecule has 1 aromatic carbocycles. The molecule has 154 valence electrons. The minimum Gasteiger partial charge on any atom is -0.324 e. The molecule has 0 bridgehead atoms. The number of amides is 1. The Bertz CT molecular complexity index is 1310. The highest BCUT2D eigenvalue weighted by Crippen LogP contribution is 2.35. The lowest BCUT2D eigenvalue weighted by Gasteiger charge is -2.19. The summed E-state index contributed by atoms with van der Waals surface area (Å²) in [5, 5.41) is 3.05. The molecule has 30 heavy (non-hydrogen) atoms. The average molecular weight is 432 g/mol. The maximum absolute atomic E-state index is 13.2. The molecular formula is C20H15F3N4O2S. The zero-order valence-electron chi connectivity index (χ0n) is 15.6. The Kier molecular flexibility index (Phi) is 5.02. The van der Waals surface area contributed by atoms with Crippen LogP contribution in [0.25, 0.3) is 20.4 Å². The van der Waals surface area contributed by atoms with Crippen LogP contribution in [0.15, 0.2) is 53.7 Å². The number of para-hydroxylation sites is 1. The second-order valence-corrected chi connectivity index (χ2v) is 7.55. The van der Waals surface area contributed by atoms with E-state index in [1.807, 2.05) is 0 Å². The maximum Gasteiger partial charge on any atom is 0.418 e. The molecule has 0 aliphatic rings. The first-order valence-electron chi connectivity index (χ1n) is 9.02. The standard InChI is InChI=1S/C20H15F3N4O2S/c1-2-14(17(28)26-13-8-4-3-7-12(13)20(21,22)23)27-10-25-15-11-6-5-9-24-18(11)30-16(15)19(27)29/h3-10,14H,2H2,1H3,(H,26,28). The molecular weight excluding hydrogens is 417 g/mol. The molecule has 3 aromatic heterocycles. The number of rotatable bonds is 4. The highest BCUT2D eigenvalue weighted by molar-refractivity contribution is 7.25. The van der Waals surface area contributed by atoms with Crippen molar-refractivity contribution in [2.24, 2.45) is 0 Å². The molecule has 3 heterocycles. The number of aromatic nitrogens is 3. The Hall–Kier alpha value is -3.27. The van der Waals surface area contributed by atoms with E-state index in [4.69, 9.17) is 0 Å². The van der Waals surface area contributed by atoms with Gasteiger partial charge in [0.2, 0.25) is 5.91 Å². The van der Waals surface area contributed by atoms with Gasteiger partial charge in [0.25, 0.3) is 5.56 Å². The lowest BCUT2D eigenvalue weighted by molar-refractivity contribution is -0.137. The summed E-state index contributed by atoms with van der Waals surface area (Å²) in [6, 6.07) is 7.23. The minimum absolute atomic E-state index is 0.191. The number of nitrogens with zero attached hydrogens (tertiary/aromatic N) is 3. The summed E-state index contributed by atoms with van der Waals surface area (Å²) in [6.45, 7) is 1.67. The van der Waals surface area contributed by atoms with Gasteiger partial charge in [0.15, 0.2) is 0 Å². The summed E-state index contributed by atoms with van der Waals surface area (Å²) >= 11 is 1.16. The molecule has 6 nitrogen and oxygen atoms in total. The molecule has 0 spiro atoms. The van der Waals surface area contributed by atoms with Crippen LogP contribution in [0.4, 0.5) is 18.9 Å². The molecule has 0 radical (unpaired) electrons. The van der Waals surface area contributed by atoms with Gasteiger partial charge < -0.3 is 5.32 Å². The predicted molar refractivity (Wildman–Crippen MR) is 109 cm³/mol. The Morgan fingerprint density at radius 1 is 1.20 bits per heavy atom. The smallest absolute Gasteiger partial charge is 0.324 e. The molecule has 1 unspecified atom stereocenters. The summed E-state index contributed by atoms with van der Waals surface area (Å²) in [6.07, 6.45) is -1.56. The Labute approximate surface area is 172 Å². The van der Waals surface area contributed by atoms with Crippen LogP contribution >= 0.6 is 11.3 Å². The van der Waals surface area contributed by atoms with Crippen molar-refractivity contribution in [3.8, 4) is 0 Å². The highest BCUT2D eigenvalue weighted by Gasteiger charge is 2.34. The molecule has 10 heteroatoms. The van der Waals surface area contributed by atoms with E-state index in [-0.39, 0.29) is 12.1 Å². The SMILES string of the molecule is CCC(C(=O)Nc1ccccc1C(F)(F)F)n1cnc2c(sc3ncccc32)c1=O. The Balaban J connectivity index is 1.73. The summed E-state index contributed by atoms with van der Waals surface area (Å²) in [4.78, 5) is 35.0. The molecule has 1 atom stereocenters. The number of nitrogens with one attached hydrogen (secondary N) is 1. The van der Waals surface area contributed by atoms with E-state index in [2.05, 4.69) is 15.3 Å². The van der Waals surface area contributed by atoms with E-state index in [0.717, 1.165) is 27.4 Å². The summed E-state index contributed by atoms with van der Waals surface area (Å²) in [5.41, 5.74) is -1.26. The van der Waals surface area contributed by atoms with E-state index in [1.54, 1.807) is 25.3 Å². The number of halogens is 3. The van der Waals surface area contributed by atoms with E-state index in [9.17, 15) is 22.8 Å². The van der Waals surface area contributed by atoms with Crippen LogP contribution in [0, 0.1) is 0 Å². The Morgan fingerprint density at radius 2 is 1.97 bits per heavy atom. The molecule has 1 N–H and O–H groups in total. The zero-order chi connectivity index (χ0) is 21.5. The van der Waals surface area contributed by atoms with Crippen molar-refractivity contribution in [1.82, 2.24) is 14.5 Å². The van der Waals surface area contributed by atoms with Gasteiger partial charge in [-0.15, -0.1) is 11.3 Å². The van der Waals surface area contributed by atoms with Crippen LogP contribution in [0.5, 0.6) is 0 Å². The van der Waals surface area contributed by atoms with Crippen LogP contribution in [-0.2, 0) is 11.0 Å². The fourth-order valence-corrected chi connectivity index (χ4v) is 4.30. The largest absolute Gasteiger partial charge is 0.418 e. The van der Waals surface area contributed by atoms with Gasteiger partial charge in [0, 0.05) is 11.6 Å². The topological polar surface area (TPSA) is 76.9 Å². The van der Waals surface area contributed by atoms with Gasteiger partial charge in [-0.3, -0.25) is 14.2 Å². The Morgan fingerprint density at radius 3 is 2.70 bits per heavy atom. The van der Waals surface area contributed by atoms with Crippen molar-refractivity contribution < 1.29 is 18.0 Å². The number of hydrogen-bond donors (Lipinski definition) is 1.